The van der Waals surface area contributed by atoms with Crippen LogP contribution in [0.25, 0.3) is 11.4 Å². The predicted octanol–water partition coefficient (Wildman–Crippen LogP) is 6.56. The third-order valence-electron chi connectivity index (χ3n) is 5.11. The molecule has 34 heavy (non-hydrogen) atoms. The van der Waals surface area contributed by atoms with E-state index in [1.165, 1.54) is 17.0 Å². The molecule has 0 saturated carbocycles. The van der Waals surface area contributed by atoms with Gasteiger partial charge in [0.1, 0.15) is 24.0 Å². The Bertz CT molecular complexity index is 1010. The van der Waals surface area contributed by atoms with Crippen molar-refractivity contribution in [2.75, 3.05) is 13.2 Å². The Morgan fingerprint density at radius 3 is 2.71 bits per heavy atom. The van der Waals surface area contributed by atoms with Crippen LogP contribution in [0.4, 0.5) is 18.0 Å². The Hall–Kier alpha value is -3.04. The van der Waals surface area contributed by atoms with E-state index in [1.807, 2.05) is 13.0 Å². The Morgan fingerprint density at radius 1 is 1.26 bits per heavy atom. The van der Waals surface area contributed by atoms with Crippen molar-refractivity contribution < 1.29 is 32.0 Å². The smallest absolute Gasteiger partial charge is 0.419 e. The van der Waals surface area contributed by atoms with Crippen LogP contribution in [0.2, 0.25) is 0 Å². The lowest BCUT2D eigenvalue weighted by Gasteiger charge is -2.26. The lowest BCUT2D eigenvalue weighted by atomic mass is 10.1. The van der Waals surface area contributed by atoms with Gasteiger partial charge in [-0.05, 0) is 58.2 Å². The molecule has 186 valence electrons. The second-order valence-corrected chi connectivity index (χ2v) is 9.07. The summed E-state index contributed by atoms with van der Waals surface area (Å²) in [5.74, 6) is -0.104. The normalized spacial score (nSPS) is 16.9. The van der Waals surface area contributed by atoms with E-state index in [2.05, 4.69) is 10.1 Å². The summed E-state index contributed by atoms with van der Waals surface area (Å²) in [7, 11) is 0. The Labute approximate surface area is 196 Å². The van der Waals surface area contributed by atoms with Crippen molar-refractivity contribution in [3.63, 3.8) is 0 Å². The first-order chi connectivity index (χ1) is 16.0. The van der Waals surface area contributed by atoms with Crippen molar-refractivity contribution in [1.82, 2.24) is 15.0 Å². The SMILES string of the molecule is CCCC=CCOc1ccc(-c2noc([C@@H]3CCCN3C(=O)OC(C)(C)C)n2)cc1C(F)(F)F. The van der Waals surface area contributed by atoms with Gasteiger partial charge >= 0.3 is 12.3 Å². The molecule has 1 saturated heterocycles. The van der Waals surface area contributed by atoms with Gasteiger partial charge in [0.25, 0.3) is 0 Å². The average Bonchev–Trinajstić information content (AvgIpc) is 3.41. The number of halogens is 3. The second-order valence-electron chi connectivity index (χ2n) is 9.07. The van der Waals surface area contributed by atoms with Crippen LogP contribution >= 0.6 is 0 Å². The number of carbonyl (C=O) groups excluding carboxylic acids is 1. The molecule has 10 heteroatoms. The van der Waals surface area contributed by atoms with Crippen LogP contribution in [0.1, 0.15) is 70.9 Å². The fourth-order valence-corrected chi connectivity index (χ4v) is 3.56. The van der Waals surface area contributed by atoms with E-state index in [4.69, 9.17) is 14.0 Å². The molecule has 1 atom stereocenters. The average molecular weight is 482 g/mol. The zero-order chi connectivity index (χ0) is 24.9. The van der Waals surface area contributed by atoms with Gasteiger partial charge in [0, 0.05) is 12.1 Å². The first kappa shape index (κ1) is 25.6. The van der Waals surface area contributed by atoms with Gasteiger partial charge < -0.3 is 14.0 Å². The highest BCUT2D eigenvalue weighted by Crippen LogP contribution is 2.39. The van der Waals surface area contributed by atoms with Gasteiger partial charge in [-0.3, -0.25) is 4.90 Å². The maximum absolute atomic E-state index is 13.7. The lowest BCUT2D eigenvalue weighted by Crippen LogP contribution is -2.36. The number of rotatable bonds is 7. The van der Waals surface area contributed by atoms with E-state index >= 15 is 0 Å². The lowest BCUT2D eigenvalue weighted by molar-refractivity contribution is -0.138. The number of allylic oxidation sites excluding steroid dienone is 1. The van der Waals surface area contributed by atoms with Crippen LogP contribution in [-0.4, -0.2) is 39.9 Å². The summed E-state index contributed by atoms with van der Waals surface area (Å²) in [5.41, 5.74) is -1.44. The summed E-state index contributed by atoms with van der Waals surface area (Å²) in [6.45, 7) is 7.83. The molecule has 0 aliphatic carbocycles. The zero-order valence-corrected chi connectivity index (χ0v) is 19.8. The molecule has 1 amide bonds. The van der Waals surface area contributed by atoms with Crippen LogP contribution in [0, 0.1) is 0 Å². The summed E-state index contributed by atoms with van der Waals surface area (Å²) in [4.78, 5) is 18.3. The molecule has 2 heterocycles. The number of nitrogens with zero attached hydrogens (tertiary/aromatic N) is 3. The largest absolute Gasteiger partial charge is 0.489 e. The molecule has 7 nitrogen and oxygen atoms in total. The van der Waals surface area contributed by atoms with E-state index in [0.717, 1.165) is 25.3 Å². The van der Waals surface area contributed by atoms with Crippen molar-refractivity contribution in [2.24, 2.45) is 0 Å². The van der Waals surface area contributed by atoms with Gasteiger partial charge in [-0.1, -0.05) is 30.7 Å². The Kier molecular flexibility index (Phi) is 7.89. The fourth-order valence-electron chi connectivity index (χ4n) is 3.56. The Balaban J connectivity index is 1.80. The number of hydrogen-bond acceptors (Lipinski definition) is 6. The number of alkyl halides is 3. The molecule has 2 aromatic rings. The van der Waals surface area contributed by atoms with Crippen LogP contribution in [0.5, 0.6) is 5.75 Å². The third-order valence-corrected chi connectivity index (χ3v) is 5.11. The summed E-state index contributed by atoms with van der Waals surface area (Å²) in [6.07, 6.45) is 1.54. The minimum atomic E-state index is -4.62. The summed E-state index contributed by atoms with van der Waals surface area (Å²) < 4.78 is 57.2. The topological polar surface area (TPSA) is 77.7 Å². The first-order valence-electron chi connectivity index (χ1n) is 11.3. The van der Waals surface area contributed by atoms with Crippen LogP contribution in [0.15, 0.2) is 34.9 Å². The Morgan fingerprint density at radius 2 is 2.03 bits per heavy atom. The molecule has 1 fully saturated rings. The molecule has 1 aliphatic heterocycles. The van der Waals surface area contributed by atoms with E-state index in [0.29, 0.717) is 13.0 Å². The van der Waals surface area contributed by atoms with Crippen LogP contribution in [0.3, 0.4) is 0 Å². The molecular weight excluding hydrogens is 451 g/mol. The first-order valence-corrected chi connectivity index (χ1v) is 11.3. The molecule has 1 aromatic heterocycles. The highest BCUT2D eigenvalue weighted by Gasteiger charge is 2.38. The fraction of sp³-hybridized carbons (Fsp3) is 0.542. The maximum atomic E-state index is 13.7. The molecule has 0 bridgehead atoms. The van der Waals surface area contributed by atoms with Crippen LogP contribution < -0.4 is 4.74 Å². The van der Waals surface area contributed by atoms with Gasteiger partial charge in [-0.2, -0.15) is 18.2 Å². The standard InChI is InChI=1S/C24H30F3N3O4/c1-5-6-7-8-14-32-19-12-11-16(15-17(19)24(25,26)27)20-28-21(34-29-20)18-10-9-13-30(18)22(31)33-23(2,3)4/h7-8,11-12,15,18H,5-6,9-10,13-14H2,1-4H3/t18-/m0/s1. The summed E-state index contributed by atoms with van der Waals surface area (Å²) >= 11 is 0. The molecule has 3 rings (SSSR count). The summed E-state index contributed by atoms with van der Waals surface area (Å²) in [5, 5.41) is 3.86. The number of ether oxygens (including phenoxy) is 2. The molecular formula is C24H30F3N3O4. The minimum absolute atomic E-state index is 0.00549. The number of benzene rings is 1. The maximum Gasteiger partial charge on any atom is 0.419 e. The van der Waals surface area contributed by atoms with E-state index in [1.54, 1.807) is 26.8 Å². The molecule has 1 aliphatic rings. The van der Waals surface area contributed by atoms with Crippen molar-refractivity contribution in [3.05, 3.63) is 41.8 Å². The molecule has 1 aromatic carbocycles. The third kappa shape index (κ3) is 6.51. The monoisotopic (exact) mass is 481 g/mol. The highest BCUT2D eigenvalue weighted by atomic mass is 19.4. The van der Waals surface area contributed by atoms with Crippen molar-refractivity contribution in [3.8, 4) is 17.1 Å². The molecule has 0 N–H and O–H groups in total. The van der Waals surface area contributed by atoms with E-state index in [-0.39, 0.29) is 29.6 Å². The van der Waals surface area contributed by atoms with Gasteiger partial charge in [-0.15, -0.1) is 0 Å². The van der Waals surface area contributed by atoms with Crippen molar-refractivity contribution in [2.45, 2.75) is 71.2 Å². The van der Waals surface area contributed by atoms with Crippen LogP contribution in [-0.2, 0) is 10.9 Å². The number of carbonyl (C=O) groups is 1. The zero-order valence-electron chi connectivity index (χ0n) is 19.8. The number of hydrogen-bond donors (Lipinski definition) is 0. The van der Waals surface area contributed by atoms with Gasteiger partial charge in [-0.25, -0.2) is 4.79 Å². The summed E-state index contributed by atoms with van der Waals surface area (Å²) in [6, 6.07) is 3.16. The van der Waals surface area contributed by atoms with Crippen molar-refractivity contribution in [1.29, 1.82) is 0 Å². The van der Waals surface area contributed by atoms with Gasteiger partial charge in [0.2, 0.25) is 11.7 Å². The number of amides is 1. The molecule has 0 unspecified atom stereocenters. The van der Waals surface area contributed by atoms with Gasteiger partial charge in [0.15, 0.2) is 0 Å². The molecule has 0 spiro atoms. The number of unbranched alkanes of at least 4 members (excludes halogenated alkanes) is 1. The highest BCUT2D eigenvalue weighted by molar-refractivity contribution is 5.69. The number of aromatic nitrogens is 2. The number of likely N-dealkylation sites (tertiary alicyclic amines) is 1. The quantitative estimate of drug-likeness (QED) is 0.417. The van der Waals surface area contributed by atoms with Crippen molar-refractivity contribution >= 4 is 6.09 Å². The van der Waals surface area contributed by atoms with Gasteiger partial charge in [0.05, 0.1) is 5.56 Å². The van der Waals surface area contributed by atoms with E-state index < -0.39 is 29.5 Å². The molecule has 0 radical (unpaired) electrons. The predicted molar refractivity (Wildman–Crippen MR) is 119 cm³/mol. The van der Waals surface area contributed by atoms with E-state index in [9.17, 15) is 18.0 Å². The second kappa shape index (κ2) is 10.5. The minimum Gasteiger partial charge on any atom is -0.489 e.